The van der Waals surface area contributed by atoms with Crippen LogP contribution in [0.2, 0.25) is 0 Å². The van der Waals surface area contributed by atoms with E-state index in [-0.39, 0.29) is 5.91 Å². The summed E-state index contributed by atoms with van der Waals surface area (Å²) in [6, 6.07) is 6.49. The second-order valence-corrected chi connectivity index (χ2v) is 7.24. The highest BCUT2D eigenvalue weighted by Crippen LogP contribution is 2.35. The maximum absolute atomic E-state index is 11.7. The molecule has 1 aromatic carbocycles. The molecule has 0 saturated carbocycles. The molecule has 2 aromatic rings. The van der Waals surface area contributed by atoms with Crippen molar-refractivity contribution in [3.8, 4) is 11.5 Å². The van der Waals surface area contributed by atoms with Gasteiger partial charge in [0.05, 0.1) is 0 Å². The molecule has 26 heavy (non-hydrogen) atoms. The first kappa shape index (κ1) is 17.1. The quantitative estimate of drug-likeness (QED) is 0.884. The van der Waals surface area contributed by atoms with Crippen LogP contribution < -0.4 is 19.7 Å². The van der Waals surface area contributed by atoms with Crippen LogP contribution in [0, 0.1) is 0 Å². The Balaban J connectivity index is 1.38. The molecule has 1 saturated heterocycles. The fraction of sp³-hybridized carbons (Fsp3) is 0.444. The van der Waals surface area contributed by atoms with Crippen LogP contribution in [0.5, 0.6) is 11.5 Å². The monoisotopic (exact) mass is 374 g/mol. The minimum atomic E-state index is -0.137. The summed E-state index contributed by atoms with van der Waals surface area (Å²) in [5.74, 6) is 1.52. The number of carbonyl (C=O) groups excluding carboxylic acids is 1. The molecule has 1 atom stereocenters. The lowest BCUT2D eigenvalue weighted by molar-refractivity contribution is 0.0959. The number of benzene rings is 1. The van der Waals surface area contributed by atoms with Gasteiger partial charge in [0, 0.05) is 44.6 Å². The van der Waals surface area contributed by atoms with Gasteiger partial charge in [-0.2, -0.15) is 0 Å². The van der Waals surface area contributed by atoms with E-state index in [1.165, 1.54) is 16.9 Å². The van der Waals surface area contributed by atoms with E-state index in [0.717, 1.165) is 42.8 Å². The number of rotatable bonds is 4. The van der Waals surface area contributed by atoms with E-state index < -0.39 is 0 Å². The van der Waals surface area contributed by atoms with Crippen LogP contribution in [-0.4, -0.2) is 55.8 Å². The SMILES string of the molecule is CNC(=O)c1csc(N2CCN([C@@H](C)c3ccc4c(c3)OCO4)CC2)n1. The number of carbonyl (C=O) groups is 1. The zero-order chi connectivity index (χ0) is 18.1. The van der Waals surface area contributed by atoms with Crippen molar-refractivity contribution in [2.45, 2.75) is 13.0 Å². The zero-order valence-electron chi connectivity index (χ0n) is 14.9. The minimum Gasteiger partial charge on any atom is -0.454 e. The Bertz CT molecular complexity index is 801. The van der Waals surface area contributed by atoms with Gasteiger partial charge in [-0.25, -0.2) is 4.98 Å². The smallest absolute Gasteiger partial charge is 0.270 e. The van der Waals surface area contributed by atoms with E-state index in [1.807, 2.05) is 11.4 Å². The summed E-state index contributed by atoms with van der Waals surface area (Å²) in [6.07, 6.45) is 0. The summed E-state index contributed by atoms with van der Waals surface area (Å²) in [6.45, 7) is 6.22. The Hall–Kier alpha value is -2.32. The van der Waals surface area contributed by atoms with E-state index in [1.54, 1.807) is 7.05 Å². The fourth-order valence-electron chi connectivity index (χ4n) is 3.33. The third-order valence-corrected chi connectivity index (χ3v) is 5.86. The van der Waals surface area contributed by atoms with Crippen LogP contribution in [0.3, 0.4) is 0 Å². The first-order chi connectivity index (χ1) is 12.7. The van der Waals surface area contributed by atoms with Gasteiger partial charge in [0.2, 0.25) is 6.79 Å². The average molecular weight is 374 g/mol. The van der Waals surface area contributed by atoms with Gasteiger partial charge >= 0.3 is 0 Å². The van der Waals surface area contributed by atoms with Gasteiger partial charge in [-0.3, -0.25) is 9.69 Å². The van der Waals surface area contributed by atoms with E-state index in [4.69, 9.17) is 9.47 Å². The first-order valence-corrected chi connectivity index (χ1v) is 9.60. The molecule has 0 unspecified atom stereocenters. The second kappa shape index (κ2) is 7.13. The number of ether oxygens (including phenoxy) is 2. The lowest BCUT2D eigenvalue weighted by Crippen LogP contribution is -2.47. The lowest BCUT2D eigenvalue weighted by Gasteiger charge is -2.38. The van der Waals surface area contributed by atoms with Gasteiger partial charge in [-0.05, 0) is 24.6 Å². The summed E-state index contributed by atoms with van der Waals surface area (Å²) >= 11 is 1.52. The van der Waals surface area contributed by atoms with Crippen molar-refractivity contribution >= 4 is 22.4 Å². The molecule has 3 heterocycles. The lowest BCUT2D eigenvalue weighted by atomic mass is 10.1. The summed E-state index contributed by atoms with van der Waals surface area (Å²) in [4.78, 5) is 20.8. The molecule has 1 amide bonds. The summed E-state index contributed by atoms with van der Waals surface area (Å²) in [5.41, 5.74) is 1.72. The van der Waals surface area contributed by atoms with Crippen LogP contribution >= 0.6 is 11.3 Å². The molecule has 8 heteroatoms. The molecule has 1 fully saturated rings. The highest BCUT2D eigenvalue weighted by atomic mass is 32.1. The van der Waals surface area contributed by atoms with E-state index in [0.29, 0.717) is 18.5 Å². The van der Waals surface area contributed by atoms with Crippen molar-refractivity contribution in [3.63, 3.8) is 0 Å². The number of hydrogen-bond donors (Lipinski definition) is 1. The van der Waals surface area contributed by atoms with Gasteiger partial charge in [-0.1, -0.05) is 6.07 Å². The molecule has 2 aliphatic heterocycles. The molecule has 0 aliphatic carbocycles. The number of thiazole rings is 1. The van der Waals surface area contributed by atoms with Crippen molar-refractivity contribution in [2.24, 2.45) is 0 Å². The van der Waals surface area contributed by atoms with Gasteiger partial charge in [0.25, 0.3) is 5.91 Å². The van der Waals surface area contributed by atoms with Crippen molar-refractivity contribution < 1.29 is 14.3 Å². The average Bonchev–Trinajstić information content (AvgIpc) is 3.35. The third-order valence-electron chi connectivity index (χ3n) is 4.96. The Morgan fingerprint density at radius 3 is 2.77 bits per heavy atom. The highest BCUT2D eigenvalue weighted by Gasteiger charge is 2.25. The topological polar surface area (TPSA) is 66.9 Å². The van der Waals surface area contributed by atoms with E-state index in [9.17, 15) is 4.79 Å². The Labute approximate surface area is 156 Å². The molecule has 0 bridgehead atoms. The first-order valence-electron chi connectivity index (χ1n) is 8.72. The largest absolute Gasteiger partial charge is 0.454 e. The molecule has 0 spiro atoms. The molecule has 1 aromatic heterocycles. The predicted molar refractivity (Wildman–Crippen MR) is 100 cm³/mol. The number of nitrogens with zero attached hydrogens (tertiary/aromatic N) is 3. The third kappa shape index (κ3) is 3.22. The number of nitrogens with one attached hydrogen (secondary N) is 1. The molecule has 2 aliphatic rings. The van der Waals surface area contributed by atoms with Crippen molar-refractivity contribution in [2.75, 3.05) is 44.9 Å². The molecule has 7 nitrogen and oxygen atoms in total. The Morgan fingerprint density at radius 2 is 2.00 bits per heavy atom. The maximum Gasteiger partial charge on any atom is 0.270 e. The Morgan fingerprint density at radius 1 is 1.23 bits per heavy atom. The van der Waals surface area contributed by atoms with Crippen molar-refractivity contribution in [1.82, 2.24) is 15.2 Å². The summed E-state index contributed by atoms with van der Waals surface area (Å²) < 4.78 is 10.9. The number of aromatic nitrogens is 1. The molecule has 0 radical (unpaired) electrons. The standard InChI is InChI=1S/C18H22N4O3S/c1-12(13-3-4-15-16(9-13)25-11-24-15)21-5-7-22(8-6-21)18-20-14(10-26-18)17(23)19-2/h3-4,9-10,12H,5-8,11H2,1-2H3,(H,19,23)/t12-/m0/s1. The molecule has 1 N–H and O–H groups in total. The number of amides is 1. The maximum atomic E-state index is 11.7. The fourth-order valence-corrected chi connectivity index (χ4v) is 4.19. The zero-order valence-corrected chi connectivity index (χ0v) is 15.7. The second-order valence-electron chi connectivity index (χ2n) is 6.41. The minimum absolute atomic E-state index is 0.137. The van der Waals surface area contributed by atoms with E-state index in [2.05, 4.69) is 39.2 Å². The van der Waals surface area contributed by atoms with Gasteiger partial charge in [-0.15, -0.1) is 11.3 Å². The number of hydrogen-bond acceptors (Lipinski definition) is 7. The van der Waals surface area contributed by atoms with Crippen LogP contribution in [0.15, 0.2) is 23.6 Å². The normalized spacial score (nSPS) is 18.0. The van der Waals surface area contributed by atoms with Crippen molar-refractivity contribution in [1.29, 1.82) is 0 Å². The van der Waals surface area contributed by atoms with Crippen LogP contribution in [0.4, 0.5) is 5.13 Å². The van der Waals surface area contributed by atoms with Gasteiger partial charge in [0.15, 0.2) is 16.6 Å². The van der Waals surface area contributed by atoms with Crippen LogP contribution in [-0.2, 0) is 0 Å². The number of anilines is 1. The molecule has 138 valence electrons. The van der Waals surface area contributed by atoms with Crippen LogP contribution in [0.25, 0.3) is 0 Å². The van der Waals surface area contributed by atoms with E-state index >= 15 is 0 Å². The molecular weight excluding hydrogens is 352 g/mol. The number of fused-ring (bicyclic) bond motifs is 1. The van der Waals surface area contributed by atoms with Crippen LogP contribution in [0.1, 0.15) is 29.0 Å². The molecule has 4 rings (SSSR count). The molecular formula is C18H22N4O3S. The predicted octanol–water partition coefficient (Wildman–Crippen LogP) is 2.11. The van der Waals surface area contributed by atoms with Gasteiger partial charge < -0.3 is 19.7 Å². The summed E-state index contributed by atoms with van der Waals surface area (Å²) in [5, 5.41) is 5.35. The summed E-state index contributed by atoms with van der Waals surface area (Å²) in [7, 11) is 1.62. The highest BCUT2D eigenvalue weighted by molar-refractivity contribution is 7.13. The van der Waals surface area contributed by atoms with Crippen molar-refractivity contribution in [3.05, 3.63) is 34.8 Å². The van der Waals surface area contributed by atoms with Gasteiger partial charge in [0.1, 0.15) is 5.69 Å². The number of piperazine rings is 1. The Kier molecular flexibility index (Phi) is 4.69.